The molecule has 4 aromatic rings. The van der Waals surface area contributed by atoms with E-state index in [1.165, 1.54) is 22.4 Å². The highest BCUT2D eigenvalue weighted by molar-refractivity contribution is 7.92. The zero-order valence-corrected chi connectivity index (χ0v) is 18.2. The van der Waals surface area contributed by atoms with Crippen molar-refractivity contribution in [1.82, 2.24) is 20.2 Å². The third kappa shape index (κ3) is 4.35. The van der Waals surface area contributed by atoms with Gasteiger partial charge in [-0.1, -0.05) is 23.8 Å². The number of nitrogens with zero attached hydrogens (tertiary/aromatic N) is 5. The molecule has 3 aromatic carbocycles. The molecule has 9 nitrogen and oxygen atoms in total. The monoisotopic (exact) mass is 448 g/mol. The van der Waals surface area contributed by atoms with E-state index in [1.54, 1.807) is 66.7 Å². The Morgan fingerprint density at radius 3 is 2.38 bits per heavy atom. The second-order valence-electron chi connectivity index (χ2n) is 7.09. The summed E-state index contributed by atoms with van der Waals surface area (Å²) in [6.45, 7) is 1.89. The highest BCUT2D eigenvalue weighted by Crippen LogP contribution is 2.23. The predicted molar refractivity (Wildman–Crippen MR) is 120 cm³/mol. The molecule has 0 unspecified atom stereocenters. The van der Waals surface area contributed by atoms with Crippen molar-refractivity contribution >= 4 is 27.3 Å². The summed E-state index contributed by atoms with van der Waals surface area (Å²) in [4.78, 5) is 12.9. The van der Waals surface area contributed by atoms with Crippen LogP contribution in [-0.4, -0.2) is 41.6 Å². The van der Waals surface area contributed by atoms with Crippen molar-refractivity contribution in [3.05, 3.63) is 90.3 Å². The van der Waals surface area contributed by atoms with Crippen LogP contribution in [0.2, 0.25) is 0 Å². The Balaban J connectivity index is 1.49. The van der Waals surface area contributed by atoms with Gasteiger partial charge in [0, 0.05) is 18.3 Å². The minimum atomic E-state index is -3.70. The van der Waals surface area contributed by atoms with Gasteiger partial charge in [-0.2, -0.15) is 0 Å². The van der Waals surface area contributed by atoms with E-state index in [4.69, 9.17) is 0 Å². The second kappa shape index (κ2) is 8.60. The number of tetrazole rings is 1. The van der Waals surface area contributed by atoms with E-state index in [2.05, 4.69) is 20.8 Å². The van der Waals surface area contributed by atoms with Gasteiger partial charge in [0.1, 0.15) is 6.33 Å². The maximum absolute atomic E-state index is 12.9. The Labute approximate surface area is 185 Å². The van der Waals surface area contributed by atoms with Crippen LogP contribution in [0.25, 0.3) is 5.69 Å². The molecule has 0 atom stereocenters. The first-order chi connectivity index (χ1) is 15.3. The predicted octanol–water partition coefficient (Wildman–Crippen LogP) is 3.05. The van der Waals surface area contributed by atoms with Crippen molar-refractivity contribution in [1.29, 1.82) is 0 Å². The van der Waals surface area contributed by atoms with E-state index in [0.29, 0.717) is 22.6 Å². The van der Waals surface area contributed by atoms with Crippen molar-refractivity contribution < 1.29 is 13.2 Å². The first-order valence-corrected chi connectivity index (χ1v) is 11.1. The number of rotatable bonds is 6. The van der Waals surface area contributed by atoms with Gasteiger partial charge in [-0.3, -0.25) is 9.10 Å². The van der Waals surface area contributed by atoms with Crippen LogP contribution in [-0.2, 0) is 10.0 Å². The highest BCUT2D eigenvalue weighted by atomic mass is 32.2. The Morgan fingerprint density at radius 2 is 1.72 bits per heavy atom. The lowest BCUT2D eigenvalue weighted by molar-refractivity contribution is 0.102. The Hall–Kier alpha value is -4.05. The number of carbonyl (C=O) groups excluding carboxylic acids is 1. The maximum Gasteiger partial charge on any atom is 0.264 e. The van der Waals surface area contributed by atoms with E-state index in [9.17, 15) is 13.2 Å². The number of amides is 1. The van der Waals surface area contributed by atoms with Gasteiger partial charge in [0.15, 0.2) is 0 Å². The number of hydrogen-bond donors (Lipinski definition) is 1. The van der Waals surface area contributed by atoms with Crippen molar-refractivity contribution in [2.24, 2.45) is 0 Å². The fraction of sp³-hybridized carbons (Fsp3) is 0.0909. The standard InChI is InChI=1S/C22H20N6O3S/c1-16-6-12-21(13-7-16)32(30,31)27(2)19-10-8-17(9-11-19)22(29)24-18-4-3-5-20(14-18)28-15-23-25-26-28/h3-15H,1-2H3,(H,24,29). The van der Waals surface area contributed by atoms with Crippen LogP contribution in [0.3, 0.4) is 0 Å². The zero-order valence-electron chi connectivity index (χ0n) is 17.4. The van der Waals surface area contributed by atoms with Gasteiger partial charge < -0.3 is 5.32 Å². The molecule has 0 fully saturated rings. The lowest BCUT2D eigenvalue weighted by Crippen LogP contribution is -2.26. The summed E-state index contributed by atoms with van der Waals surface area (Å²) in [7, 11) is -2.22. The normalized spacial score (nSPS) is 11.2. The number of carbonyl (C=O) groups is 1. The summed E-state index contributed by atoms with van der Waals surface area (Å²) in [5.41, 5.74) is 3.09. The van der Waals surface area contributed by atoms with Crippen LogP contribution >= 0.6 is 0 Å². The molecule has 32 heavy (non-hydrogen) atoms. The number of benzene rings is 3. The molecule has 0 saturated heterocycles. The molecule has 0 bridgehead atoms. The van der Waals surface area contributed by atoms with Gasteiger partial charge in [-0.25, -0.2) is 13.1 Å². The summed E-state index contributed by atoms with van der Waals surface area (Å²) in [6.07, 6.45) is 1.46. The smallest absolute Gasteiger partial charge is 0.264 e. The summed E-state index contributed by atoms with van der Waals surface area (Å²) in [5, 5.41) is 13.8. The number of nitrogens with one attached hydrogen (secondary N) is 1. The van der Waals surface area contributed by atoms with Crippen LogP contribution < -0.4 is 9.62 Å². The molecular weight excluding hydrogens is 428 g/mol. The van der Waals surface area contributed by atoms with Gasteiger partial charge in [-0.05, 0) is 71.9 Å². The van der Waals surface area contributed by atoms with Crippen LogP contribution in [0, 0.1) is 6.92 Å². The molecule has 0 aliphatic carbocycles. The second-order valence-corrected chi connectivity index (χ2v) is 9.06. The molecule has 0 aliphatic heterocycles. The topological polar surface area (TPSA) is 110 Å². The SMILES string of the molecule is Cc1ccc(S(=O)(=O)N(C)c2ccc(C(=O)Nc3cccc(-n4cnnn4)c3)cc2)cc1. The maximum atomic E-state index is 12.9. The number of aryl methyl sites for hydroxylation is 1. The number of aromatic nitrogens is 4. The third-order valence-corrected chi connectivity index (χ3v) is 6.69. The van der Waals surface area contributed by atoms with Gasteiger partial charge in [0.2, 0.25) is 0 Å². The van der Waals surface area contributed by atoms with Crippen LogP contribution in [0.1, 0.15) is 15.9 Å². The average molecular weight is 449 g/mol. The summed E-state index contributed by atoms with van der Waals surface area (Å²) < 4.78 is 28.4. The van der Waals surface area contributed by atoms with Crippen molar-refractivity contribution in [3.63, 3.8) is 0 Å². The number of anilines is 2. The highest BCUT2D eigenvalue weighted by Gasteiger charge is 2.21. The molecule has 0 saturated carbocycles. The third-order valence-electron chi connectivity index (χ3n) is 4.89. The fourth-order valence-electron chi connectivity index (χ4n) is 3.04. The minimum absolute atomic E-state index is 0.204. The molecule has 1 N–H and O–H groups in total. The van der Waals surface area contributed by atoms with Crippen LogP contribution in [0.5, 0.6) is 0 Å². The molecule has 0 aliphatic rings. The van der Waals surface area contributed by atoms with E-state index in [0.717, 1.165) is 5.56 Å². The summed E-state index contributed by atoms with van der Waals surface area (Å²) >= 11 is 0. The summed E-state index contributed by atoms with van der Waals surface area (Å²) in [5.74, 6) is -0.325. The minimum Gasteiger partial charge on any atom is -0.322 e. The Morgan fingerprint density at radius 1 is 1.00 bits per heavy atom. The molecule has 162 valence electrons. The lowest BCUT2D eigenvalue weighted by atomic mass is 10.2. The van der Waals surface area contributed by atoms with E-state index < -0.39 is 10.0 Å². The molecule has 1 heterocycles. The lowest BCUT2D eigenvalue weighted by Gasteiger charge is -2.20. The van der Waals surface area contributed by atoms with E-state index in [1.807, 2.05) is 13.0 Å². The van der Waals surface area contributed by atoms with E-state index in [-0.39, 0.29) is 10.8 Å². The fourth-order valence-corrected chi connectivity index (χ4v) is 4.23. The average Bonchev–Trinajstić information content (AvgIpc) is 3.34. The molecule has 4 rings (SSSR count). The van der Waals surface area contributed by atoms with Crippen molar-refractivity contribution in [2.75, 3.05) is 16.7 Å². The molecule has 10 heteroatoms. The van der Waals surface area contributed by atoms with Gasteiger partial charge in [0.25, 0.3) is 15.9 Å². The van der Waals surface area contributed by atoms with Gasteiger partial charge in [0.05, 0.1) is 16.3 Å². The van der Waals surface area contributed by atoms with Gasteiger partial charge in [-0.15, -0.1) is 5.10 Å². The first-order valence-electron chi connectivity index (χ1n) is 9.65. The van der Waals surface area contributed by atoms with E-state index >= 15 is 0 Å². The van der Waals surface area contributed by atoms with Crippen LogP contribution in [0.4, 0.5) is 11.4 Å². The molecule has 1 aromatic heterocycles. The Bertz CT molecular complexity index is 1340. The van der Waals surface area contributed by atoms with Gasteiger partial charge >= 0.3 is 0 Å². The van der Waals surface area contributed by atoms with Crippen molar-refractivity contribution in [3.8, 4) is 5.69 Å². The largest absolute Gasteiger partial charge is 0.322 e. The van der Waals surface area contributed by atoms with Crippen LogP contribution in [0.15, 0.2) is 84.0 Å². The number of sulfonamides is 1. The zero-order chi connectivity index (χ0) is 22.7. The molecule has 0 radical (unpaired) electrons. The molecule has 1 amide bonds. The quantitative estimate of drug-likeness (QED) is 0.485. The van der Waals surface area contributed by atoms with Crippen molar-refractivity contribution in [2.45, 2.75) is 11.8 Å². The molecule has 0 spiro atoms. The first kappa shape index (κ1) is 21.2. The number of hydrogen-bond acceptors (Lipinski definition) is 6. The Kier molecular flexibility index (Phi) is 5.69. The molecular formula is C22H20N6O3S. The summed E-state index contributed by atoms with van der Waals surface area (Å²) in [6, 6.07) is 20.1.